The molecule has 0 atom stereocenters. The van der Waals surface area contributed by atoms with Crippen LogP contribution in [0.1, 0.15) is 30.2 Å². The van der Waals surface area contributed by atoms with Crippen molar-refractivity contribution >= 4 is 46.4 Å². The molecule has 5 rings (SSSR count). The SMILES string of the molecule is C.C1=Cc2cc3ccc(cc4nc(cc5ccc(cc1n2)[nH]5)C=C4)[nH]3.[Cu]. The van der Waals surface area contributed by atoms with Gasteiger partial charge in [-0.15, -0.1) is 0 Å². The molecule has 0 unspecified atom stereocenters. The molecule has 2 N–H and O–H groups in total. The smallest absolute Gasteiger partial charge is 0.0658 e. The summed E-state index contributed by atoms with van der Waals surface area (Å²) >= 11 is 0. The molecule has 0 amide bonds. The molecule has 0 aromatic carbocycles. The van der Waals surface area contributed by atoms with E-state index < -0.39 is 0 Å². The maximum Gasteiger partial charge on any atom is 0.0658 e. The molecule has 1 radical (unpaired) electrons. The van der Waals surface area contributed by atoms with Crippen LogP contribution in [0.2, 0.25) is 0 Å². The first-order valence-corrected chi connectivity index (χ1v) is 7.85. The fourth-order valence-corrected chi connectivity index (χ4v) is 2.94. The van der Waals surface area contributed by atoms with Gasteiger partial charge in [-0.05, 0) is 72.8 Å². The van der Waals surface area contributed by atoms with Crippen molar-refractivity contribution in [2.75, 3.05) is 0 Å². The molecule has 0 aliphatic carbocycles. The van der Waals surface area contributed by atoms with Crippen molar-refractivity contribution in [3.8, 4) is 0 Å². The first-order valence-electron chi connectivity index (χ1n) is 7.85. The summed E-state index contributed by atoms with van der Waals surface area (Å²) in [7, 11) is 0. The fraction of sp³-hybridized carbons (Fsp3) is 0.0476. The number of H-pyrrole nitrogens is 2. The molecule has 2 aliphatic rings. The second-order valence-corrected chi connectivity index (χ2v) is 5.91. The number of aromatic nitrogens is 4. The molecule has 2 aliphatic heterocycles. The minimum absolute atomic E-state index is 0. The van der Waals surface area contributed by atoms with Gasteiger partial charge in [-0.2, -0.15) is 0 Å². The van der Waals surface area contributed by atoms with Gasteiger partial charge in [0.25, 0.3) is 0 Å². The number of fused-ring (bicyclic) bond motifs is 8. The van der Waals surface area contributed by atoms with E-state index in [2.05, 4.69) is 44.2 Å². The van der Waals surface area contributed by atoms with Gasteiger partial charge in [-0.1, -0.05) is 7.43 Å². The molecule has 3 aromatic rings. The quantitative estimate of drug-likeness (QED) is 0.353. The molecule has 0 saturated heterocycles. The largest absolute Gasteiger partial charge is 0.355 e. The summed E-state index contributed by atoms with van der Waals surface area (Å²) in [5.41, 5.74) is 7.86. The van der Waals surface area contributed by atoms with E-state index in [1.165, 1.54) is 0 Å². The maximum absolute atomic E-state index is 4.63. The number of hydrogen-bond acceptors (Lipinski definition) is 2. The summed E-state index contributed by atoms with van der Waals surface area (Å²) < 4.78 is 0. The Balaban J connectivity index is 0.000000980. The zero-order chi connectivity index (χ0) is 15.9. The van der Waals surface area contributed by atoms with E-state index in [9.17, 15) is 0 Å². The van der Waals surface area contributed by atoms with Gasteiger partial charge in [0.15, 0.2) is 0 Å². The summed E-state index contributed by atoms with van der Waals surface area (Å²) in [6, 6.07) is 16.4. The Bertz CT molecular complexity index is 990. The predicted molar refractivity (Wildman–Crippen MR) is 106 cm³/mol. The molecular formula is C21H18CuN4. The van der Waals surface area contributed by atoms with Crippen LogP contribution in [0.25, 0.3) is 46.4 Å². The third-order valence-electron chi connectivity index (χ3n) is 4.04. The van der Waals surface area contributed by atoms with Crippen molar-refractivity contribution in [2.45, 2.75) is 7.43 Å². The summed E-state index contributed by atoms with van der Waals surface area (Å²) in [5.74, 6) is 0. The Morgan fingerprint density at radius 2 is 0.769 bits per heavy atom. The first kappa shape index (κ1) is 17.9. The van der Waals surface area contributed by atoms with Crippen LogP contribution in [0, 0.1) is 0 Å². The average molecular weight is 390 g/mol. The van der Waals surface area contributed by atoms with Crippen molar-refractivity contribution in [1.82, 2.24) is 19.9 Å². The molecule has 8 bridgehead atoms. The Hall–Kier alpha value is -2.88. The van der Waals surface area contributed by atoms with Crippen molar-refractivity contribution in [1.29, 1.82) is 0 Å². The van der Waals surface area contributed by atoms with Crippen molar-refractivity contribution < 1.29 is 17.1 Å². The predicted octanol–water partition coefficient (Wildman–Crippen LogP) is 5.29. The Labute approximate surface area is 162 Å². The Kier molecular flexibility index (Phi) is 4.94. The maximum atomic E-state index is 4.63. The van der Waals surface area contributed by atoms with Crippen LogP contribution in [0.5, 0.6) is 0 Å². The van der Waals surface area contributed by atoms with Crippen LogP contribution >= 0.6 is 0 Å². The molecule has 5 heterocycles. The van der Waals surface area contributed by atoms with Gasteiger partial charge in [-0.25, -0.2) is 9.97 Å². The third-order valence-corrected chi connectivity index (χ3v) is 4.04. The van der Waals surface area contributed by atoms with E-state index in [1.54, 1.807) is 0 Å². The fourth-order valence-electron chi connectivity index (χ4n) is 2.94. The van der Waals surface area contributed by atoms with E-state index in [0.29, 0.717) is 0 Å². The topological polar surface area (TPSA) is 57.4 Å². The monoisotopic (exact) mass is 389 g/mol. The van der Waals surface area contributed by atoms with Gasteiger partial charge in [0.1, 0.15) is 0 Å². The second kappa shape index (κ2) is 7.16. The van der Waals surface area contributed by atoms with E-state index in [1.807, 2.05) is 48.6 Å². The number of aromatic amines is 2. The van der Waals surface area contributed by atoms with Gasteiger partial charge >= 0.3 is 0 Å². The van der Waals surface area contributed by atoms with Gasteiger partial charge < -0.3 is 9.97 Å². The third kappa shape index (κ3) is 3.54. The molecule has 26 heavy (non-hydrogen) atoms. The summed E-state index contributed by atoms with van der Waals surface area (Å²) in [5, 5.41) is 0. The van der Waals surface area contributed by atoms with Crippen LogP contribution in [-0.2, 0) is 17.1 Å². The number of nitrogens with zero attached hydrogens (tertiary/aromatic N) is 2. The normalized spacial score (nSPS) is 11.7. The Morgan fingerprint density at radius 1 is 0.500 bits per heavy atom. The zero-order valence-electron chi connectivity index (χ0n) is 13.1. The van der Waals surface area contributed by atoms with Gasteiger partial charge in [-0.3, -0.25) is 0 Å². The number of rotatable bonds is 0. The van der Waals surface area contributed by atoms with Crippen LogP contribution < -0.4 is 0 Å². The average Bonchev–Trinajstić information content (AvgIpc) is 3.32. The van der Waals surface area contributed by atoms with Crippen molar-refractivity contribution in [3.63, 3.8) is 0 Å². The molecule has 3 aromatic heterocycles. The molecule has 4 nitrogen and oxygen atoms in total. The zero-order valence-corrected chi connectivity index (χ0v) is 14.1. The van der Waals surface area contributed by atoms with Crippen molar-refractivity contribution in [2.24, 2.45) is 0 Å². The van der Waals surface area contributed by atoms with Crippen LogP contribution in [-0.4, -0.2) is 19.9 Å². The van der Waals surface area contributed by atoms with E-state index in [-0.39, 0.29) is 24.5 Å². The van der Waals surface area contributed by atoms with Crippen LogP contribution in [0.15, 0.2) is 48.5 Å². The second-order valence-electron chi connectivity index (χ2n) is 5.91. The van der Waals surface area contributed by atoms with E-state index in [0.717, 1.165) is 44.8 Å². The molecule has 0 spiro atoms. The van der Waals surface area contributed by atoms with Crippen molar-refractivity contribution in [3.05, 3.63) is 71.3 Å². The number of hydrogen-bond donors (Lipinski definition) is 2. The summed E-state index contributed by atoms with van der Waals surface area (Å²) in [6.07, 6.45) is 8.09. The summed E-state index contributed by atoms with van der Waals surface area (Å²) in [4.78, 5) is 16.0. The van der Waals surface area contributed by atoms with Crippen LogP contribution in [0.3, 0.4) is 0 Å². The molecule has 0 fully saturated rings. The Morgan fingerprint density at radius 3 is 1.04 bits per heavy atom. The standard InChI is InChI=1S/C20H14N4.CH4.Cu/c1-2-14-10-16-5-6-18(23-16)12-20-8-7-19(24-20)11-17-4-3-15(22-17)9-13(1)21-14;;/h1-12,21,24H;1H4;. The van der Waals surface area contributed by atoms with Crippen LogP contribution in [0.4, 0.5) is 0 Å². The first-order chi connectivity index (χ1) is 11.8. The minimum atomic E-state index is 0. The molecule has 133 valence electrons. The molecular weight excluding hydrogens is 372 g/mol. The molecule has 5 heteroatoms. The molecule has 0 saturated carbocycles. The summed E-state index contributed by atoms with van der Waals surface area (Å²) in [6.45, 7) is 0. The van der Waals surface area contributed by atoms with Gasteiger partial charge in [0.05, 0.1) is 22.8 Å². The van der Waals surface area contributed by atoms with E-state index in [4.69, 9.17) is 0 Å². The van der Waals surface area contributed by atoms with Gasteiger partial charge in [0.2, 0.25) is 0 Å². The van der Waals surface area contributed by atoms with Gasteiger partial charge in [0, 0.05) is 39.1 Å². The number of nitrogens with one attached hydrogen (secondary N) is 2. The van der Waals surface area contributed by atoms with E-state index >= 15 is 0 Å². The minimum Gasteiger partial charge on any atom is -0.355 e.